The van der Waals surface area contributed by atoms with E-state index >= 15 is 0 Å². The number of allylic oxidation sites excluding steroid dienone is 2. The van der Waals surface area contributed by atoms with Crippen LogP contribution in [-0.4, -0.2) is 34.9 Å². The van der Waals surface area contributed by atoms with Crippen LogP contribution in [0, 0.1) is 0 Å². The molecule has 4 rings (SSSR count). The smallest absolute Gasteiger partial charge is 0.126 e. The van der Waals surface area contributed by atoms with Crippen molar-refractivity contribution in [3.63, 3.8) is 0 Å². The predicted octanol–water partition coefficient (Wildman–Crippen LogP) is 7.17. The van der Waals surface area contributed by atoms with E-state index in [-0.39, 0.29) is 5.60 Å². The lowest BCUT2D eigenvalue weighted by Crippen LogP contribution is -2.40. The van der Waals surface area contributed by atoms with Crippen LogP contribution in [0.25, 0.3) is 10.8 Å². The number of thioether (sulfide) groups is 1. The maximum absolute atomic E-state index is 10.9. The summed E-state index contributed by atoms with van der Waals surface area (Å²) in [5.74, 6) is 4.32. The number of hydrogen-bond donors (Lipinski definition) is 1. The van der Waals surface area contributed by atoms with Crippen LogP contribution in [0.15, 0.2) is 71.0 Å². The molecule has 0 amide bonds. The normalized spacial score (nSPS) is 25.8. The molecule has 3 unspecified atom stereocenters. The fourth-order valence-corrected chi connectivity index (χ4v) is 6.66. The zero-order valence-electron chi connectivity index (χ0n) is 20.7. The summed E-state index contributed by atoms with van der Waals surface area (Å²) in [6.45, 7) is 10.5. The maximum atomic E-state index is 10.9. The first-order chi connectivity index (χ1) is 15.6. The van der Waals surface area contributed by atoms with Gasteiger partial charge in [0.25, 0.3) is 0 Å². The van der Waals surface area contributed by atoms with Crippen molar-refractivity contribution in [3.05, 3.63) is 76.6 Å². The fourth-order valence-electron chi connectivity index (χ4n) is 5.38. The van der Waals surface area contributed by atoms with Crippen molar-refractivity contribution >= 4 is 22.5 Å². The molecular formula is C29H36O3S. The summed E-state index contributed by atoms with van der Waals surface area (Å²) in [5.41, 5.74) is 3.42. The molecular weight excluding hydrogens is 428 g/mol. The Balaban J connectivity index is 1.39. The third-order valence-electron chi connectivity index (χ3n) is 6.84. The first-order valence-electron chi connectivity index (χ1n) is 11.8. The molecule has 0 bridgehead atoms. The first kappa shape index (κ1) is 24.0. The molecule has 1 heterocycles. The molecule has 176 valence electrons. The van der Waals surface area contributed by atoms with Gasteiger partial charge in [0.1, 0.15) is 22.7 Å². The Morgan fingerprint density at radius 2 is 1.97 bits per heavy atom. The topological polar surface area (TPSA) is 38.7 Å². The number of rotatable bonds is 7. The second-order valence-electron chi connectivity index (χ2n) is 10.1. The molecule has 0 fully saturated rings. The van der Waals surface area contributed by atoms with Gasteiger partial charge in [0.05, 0.1) is 7.11 Å². The molecule has 1 N–H and O–H groups in total. The number of ether oxygens (including phenoxy) is 2. The van der Waals surface area contributed by atoms with E-state index in [0.29, 0.717) is 5.92 Å². The molecule has 0 aromatic heterocycles. The van der Waals surface area contributed by atoms with E-state index in [1.807, 2.05) is 37.8 Å². The van der Waals surface area contributed by atoms with Gasteiger partial charge in [0.15, 0.2) is 0 Å². The number of hydrogen-bond acceptors (Lipinski definition) is 4. The molecule has 33 heavy (non-hydrogen) atoms. The lowest BCUT2D eigenvalue weighted by Gasteiger charge is -2.42. The highest BCUT2D eigenvalue weighted by molar-refractivity contribution is 7.99. The summed E-state index contributed by atoms with van der Waals surface area (Å²) in [7, 11) is 1.71. The molecule has 2 aromatic carbocycles. The highest BCUT2D eigenvalue weighted by atomic mass is 32.2. The number of fused-ring (bicyclic) bond motifs is 2. The van der Waals surface area contributed by atoms with Crippen LogP contribution in [0.2, 0.25) is 0 Å². The van der Waals surface area contributed by atoms with Crippen LogP contribution >= 0.6 is 11.8 Å². The molecule has 0 spiro atoms. The summed E-state index contributed by atoms with van der Waals surface area (Å²) in [6.07, 6.45) is 5.81. The average Bonchev–Trinajstić information content (AvgIpc) is 2.74. The minimum atomic E-state index is -0.952. The van der Waals surface area contributed by atoms with Crippen molar-refractivity contribution in [1.29, 1.82) is 0 Å². The molecule has 2 aromatic rings. The third-order valence-corrected chi connectivity index (χ3v) is 8.07. The van der Waals surface area contributed by atoms with Crippen LogP contribution in [0.3, 0.4) is 0 Å². The lowest BCUT2D eigenvalue weighted by molar-refractivity contribution is -0.00117. The van der Waals surface area contributed by atoms with Gasteiger partial charge < -0.3 is 14.6 Å². The fraction of sp³-hybridized carbons (Fsp3) is 0.448. The Hall–Kier alpha value is -2.17. The molecule has 4 heteroatoms. The maximum Gasteiger partial charge on any atom is 0.126 e. The minimum Gasteiger partial charge on any atom is -0.497 e. The molecule has 1 aliphatic heterocycles. The Morgan fingerprint density at radius 3 is 2.73 bits per heavy atom. The van der Waals surface area contributed by atoms with E-state index in [1.54, 1.807) is 7.11 Å². The first-order valence-corrected chi connectivity index (χ1v) is 12.9. The SMILES string of the molecule is COc1ccc2c(C(C)CSCCC3(C)CC(C)=C4C(=CC(C)=CC4(C)O)O3)cccc2c1. The van der Waals surface area contributed by atoms with E-state index in [4.69, 9.17) is 9.47 Å². The molecule has 3 atom stereocenters. The van der Waals surface area contributed by atoms with E-state index in [2.05, 4.69) is 57.2 Å². The zero-order chi connectivity index (χ0) is 23.8. The van der Waals surface area contributed by atoms with E-state index in [1.165, 1.54) is 21.9 Å². The van der Waals surface area contributed by atoms with Crippen LogP contribution < -0.4 is 4.74 Å². The standard InChI is InChI=1S/C29H36O3S/c1-19-14-26-27(29(5,30)16-19)20(2)17-28(4,32-26)12-13-33-18-21(3)24-9-7-8-22-15-23(31-6)10-11-25(22)24/h7-11,14-16,21,30H,12-13,17-18H2,1-6H3. The Morgan fingerprint density at radius 1 is 1.18 bits per heavy atom. The van der Waals surface area contributed by atoms with Gasteiger partial charge in [-0.2, -0.15) is 11.8 Å². The summed E-state index contributed by atoms with van der Waals surface area (Å²) in [6, 6.07) is 12.9. The second kappa shape index (κ2) is 9.23. The van der Waals surface area contributed by atoms with E-state index in [9.17, 15) is 5.11 Å². The number of benzene rings is 2. The van der Waals surface area contributed by atoms with Gasteiger partial charge in [0.2, 0.25) is 0 Å². The number of aliphatic hydroxyl groups is 1. The largest absolute Gasteiger partial charge is 0.497 e. The molecule has 2 aliphatic rings. The van der Waals surface area contributed by atoms with Gasteiger partial charge in [-0.3, -0.25) is 0 Å². The van der Waals surface area contributed by atoms with Gasteiger partial charge >= 0.3 is 0 Å². The van der Waals surface area contributed by atoms with Crippen molar-refractivity contribution in [2.24, 2.45) is 0 Å². The molecule has 1 aliphatic carbocycles. The van der Waals surface area contributed by atoms with Crippen molar-refractivity contribution in [2.75, 3.05) is 18.6 Å². The Labute approximate surface area is 202 Å². The Bertz CT molecular complexity index is 1140. The third kappa shape index (κ3) is 5.02. The van der Waals surface area contributed by atoms with Crippen LogP contribution in [0.5, 0.6) is 5.75 Å². The number of methoxy groups -OCH3 is 1. The van der Waals surface area contributed by atoms with Crippen molar-refractivity contribution in [2.45, 2.75) is 64.6 Å². The van der Waals surface area contributed by atoms with Gasteiger partial charge in [-0.1, -0.05) is 36.8 Å². The summed E-state index contributed by atoms with van der Waals surface area (Å²) in [4.78, 5) is 0. The van der Waals surface area contributed by atoms with Crippen LogP contribution in [-0.2, 0) is 4.74 Å². The van der Waals surface area contributed by atoms with Crippen LogP contribution in [0.4, 0.5) is 0 Å². The van der Waals surface area contributed by atoms with Crippen LogP contribution in [0.1, 0.15) is 58.9 Å². The Kier molecular flexibility index (Phi) is 6.70. The average molecular weight is 465 g/mol. The van der Waals surface area contributed by atoms with Gasteiger partial charge in [0, 0.05) is 12.0 Å². The predicted molar refractivity (Wildman–Crippen MR) is 140 cm³/mol. The second-order valence-corrected chi connectivity index (χ2v) is 11.2. The highest BCUT2D eigenvalue weighted by Crippen LogP contribution is 2.45. The summed E-state index contributed by atoms with van der Waals surface area (Å²) >= 11 is 1.99. The molecule has 0 saturated carbocycles. The highest BCUT2D eigenvalue weighted by Gasteiger charge is 2.41. The van der Waals surface area contributed by atoms with Crippen molar-refractivity contribution < 1.29 is 14.6 Å². The molecule has 0 radical (unpaired) electrons. The quantitative estimate of drug-likeness (QED) is 0.441. The summed E-state index contributed by atoms with van der Waals surface area (Å²) in [5, 5.41) is 13.4. The van der Waals surface area contributed by atoms with E-state index < -0.39 is 5.60 Å². The van der Waals surface area contributed by atoms with Gasteiger partial charge in [-0.15, -0.1) is 0 Å². The lowest BCUT2D eigenvalue weighted by atomic mass is 9.78. The van der Waals surface area contributed by atoms with E-state index in [0.717, 1.165) is 47.0 Å². The van der Waals surface area contributed by atoms with Crippen molar-refractivity contribution in [1.82, 2.24) is 0 Å². The molecule has 3 nitrogen and oxygen atoms in total. The monoisotopic (exact) mass is 464 g/mol. The van der Waals surface area contributed by atoms with Gasteiger partial charge in [-0.25, -0.2) is 0 Å². The minimum absolute atomic E-state index is 0.237. The van der Waals surface area contributed by atoms with Gasteiger partial charge in [-0.05, 0) is 97.7 Å². The zero-order valence-corrected chi connectivity index (χ0v) is 21.5. The van der Waals surface area contributed by atoms with Crippen molar-refractivity contribution in [3.8, 4) is 5.75 Å². The summed E-state index contributed by atoms with van der Waals surface area (Å²) < 4.78 is 11.9. The molecule has 0 saturated heterocycles.